The summed E-state index contributed by atoms with van der Waals surface area (Å²) in [6, 6.07) is 15.1. The minimum absolute atomic E-state index is 0.0270. The van der Waals surface area contributed by atoms with Gasteiger partial charge >= 0.3 is 0 Å². The van der Waals surface area contributed by atoms with E-state index < -0.39 is 0 Å². The van der Waals surface area contributed by atoms with Gasteiger partial charge in [0.2, 0.25) is 0 Å². The van der Waals surface area contributed by atoms with Crippen LogP contribution in [0.2, 0.25) is 0 Å². The number of carbonyl (C=O) groups is 1. The molecule has 1 aliphatic rings. The summed E-state index contributed by atoms with van der Waals surface area (Å²) in [5, 5.41) is 2.97. The highest BCUT2D eigenvalue weighted by Crippen LogP contribution is 2.34. The lowest BCUT2D eigenvalue weighted by Gasteiger charge is -2.13. The van der Waals surface area contributed by atoms with E-state index in [-0.39, 0.29) is 17.8 Å². The Morgan fingerprint density at radius 2 is 1.94 bits per heavy atom. The fourth-order valence-corrected chi connectivity index (χ4v) is 4.15. The molecule has 0 radical (unpaired) electrons. The van der Waals surface area contributed by atoms with Gasteiger partial charge in [0, 0.05) is 13.2 Å². The van der Waals surface area contributed by atoms with Gasteiger partial charge in [-0.2, -0.15) is 0 Å². The fraction of sp³-hybridized carbons (Fsp3) is 0.292. The van der Waals surface area contributed by atoms with Crippen molar-refractivity contribution in [3.8, 4) is 11.4 Å². The molecule has 1 atom stereocenters. The second-order valence-electron chi connectivity index (χ2n) is 7.73. The van der Waals surface area contributed by atoms with E-state index in [1.165, 1.54) is 0 Å². The third-order valence-corrected chi connectivity index (χ3v) is 5.65. The van der Waals surface area contributed by atoms with E-state index in [9.17, 15) is 4.79 Å². The van der Waals surface area contributed by atoms with Crippen LogP contribution in [-0.4, -0.2) is 46.3 Å². The normalized spacial score (nSPS) is 16.0. The molecular weight excluding hydrogens is 406 g/mol. The van der Waals surface area contributed by atoms with E-state index in [2.05, 4.69) is 5.32 Å². The number of anilines is 1. The van der Waals surface area contributed by atoms with Crippen molar-refractivity contribution in [1.82, 2.24) is 19.9 Å². The number of carbonyl (C=O) groups excluding carboxylic acids is 1. The molecule has 1 aliphatic heterocycles. The number of amides is 1. The molecule has 3 N–H and O–H groups in total. The standard InChI is InChI=1S/C24H25N5O3/c1-2-31-19-12-6-5-11-18(19)29-22(25)20(24(30)26-14-15-8-7-13-32-15)21-23(29)28-17-10-4-3-9-16(17)27-21/h3-6,9-12,15H,2,7-8,13-14,25H2,1H3,(H,26,30)/t15-/m0/s1. The van der Waals surface area contributed by atoms with Crippen LogP contribution in [0.5, 0.6) is 5.75 Å². The Morgan fingerprint density at radius 3 is 2.69 bits per heavy atom. The Kier molecular flexibility index (Phi) is 5.36. The lowest BCUT2D eigenvalue weighted by molar-refractivity contribution is 0.0859. The van der Waals surface area contributed by atoms with Crippen LogP contribution in [0.25, 0.3) is 27.9 Å². The molecule has 0 aliphatic carbocycles. The number of nitrogens with one attached hydrogen (secondary N) is 1. The maximum Gasteiger partial charge on any atom is 0.257 e. The number of nitrogens with two attached hydrogens (primary N) is 1. The maximum atomic E-state index is 13.3. The number of fused-ring (bicyclic) bond motifs is 2. The highest BCUT2D eigenvalue weighted by Gasteiger charge is 2.27. The number of nitrogens with zero attached hydrogens (tertiary/aromatic N) is 3. The minimum Gasteiger partial charge on any atom is -0.492 e. The predicted molar refractivity (Wildman–Crippen MR) is 123 cm³/mol. The van der Waals surface area contributed by atoms with Crippen molar-refractivity contribution < 1.29 is 14.3 Å². The van der Waals surface area contributed by atoms with Crippen LogP contribution < -0.4 is 15.8 Å². The molecule has 164 valence electrons. The van der Waals surface area contributed by atoms with E-state index in [1.54, 1.807) is 4.57 Å². The second kappa shape index (κ2) is 8.47. The minimum atomic E-state index is -0.291. The lowest BCUT2D eigenvalue weighted by atomic mass is 10.2. The zero-order valence-electron chi connectivity index (χ0n) is 17.9. The van der Waals surface area contributed by atoms with Crippen molar-refractivity contribution in [2.45, 2.75) is 25.9 Å². The van der Waals surface area contributed by atoms with Crippen molar-refractivity contribution in [1.29, 1.82) is 0 Å². The number of hydrogen-bond donors (Lipinski definition) is 2. The van der Waals surface area contributed by atoms with E-state index in [1.807, 2.05) is 55.5 Å². The Labute approximate surface area is 185 Å². The third-order valence-electron chi connectivity index (χ3n) is 5.65. The molecule has 32 heavy (non-hydrogen) atoms. The zero-order chi connectivity index (χ0) is 22.1. The van der Waals surface area contributed by atoms with E-state index in [0.717, 1.165) is 25.0 Å². The number of para-hydroxylation sites is 4. The summed E-state index contributed by atoms with van der Waals surface area (Å²) in [4.78, 5) is 22.9. The molecule has 8 nitrogen and oxygen atoms in total. The van der Waals surface area contributed by atoms with Crippen LogP contribution in [-0.2, 0) is 4.74 Å². The Hall–Kier alpha value is -3.65. The first kappa shape index (κ1) is 20.3. The average molecular weight is 431 g/mol. The van der Waals surface area contributed by atoms with Crippen LogP contribution in [0.4, 0.5) is 5.82 Å². The Morgan fingerprint density at radius 1 is 1.19 bits per heavy atom. The molecular formula is C24H25N5O3. The van der Waals surface area contributed by atoms with Crippen LogP contribution in [0, 0.1) is 0 Å². The zero-order valence-corrected chi connectivity index (χ0v) is 17.9. The first-order valence-corrected chi connectivity index (χ1v) is 10.9. The molecule has 8 heteroatoms. The Balaban J connectivity index is 1.69. The van der Waals surface area contributed by atoms with Crippen molar-refractivity contribution >= 4 is 33.9 Å². The number of rotatable bonds is 6. The third kappa shape index (κ3) is 3.52. The summed E-state index contributed by atoms with van der Waals surface area (Å²) in [7, 11) is 0. The van der Waals surface area contributed by atoms with Gasteiger partial charge in [0.05, 0.1) is 29.4 Å². The molecule has 0 unspecified atom stereocenters. The number of aromatic nitrogens is 3. The monoisotopic (exact) mass is 431 g/mol. The van der Waals surface area contributed by atoms with Gasteiger partial charge in [0.1, 0.15) is 22.6 Å². The van der Waals surface area contributed by atoms with Gasteiger partial charge in [-0.1, -0.05) is 24.3 Å². The second-order valence-corrected chi connectivity index (χ2v) is 7.73. The van der Waals surface area contributed by atoms with Crippen molar-refractivity contribution in [3.05, 3.63) is 54.1 Å². The topological polar surface area (TPSA) is 104 Å². The molecule has 4 aromatic rings. The largest absolute Gasteiger partial charge is 0.492 e. The quantitative estimate of drug-likeness (QED) is 0.484. The summed E-state index contributed by atoms with van der Waals surface area (Å²) >= 11 is 0. The number of benzene rings is 2. The molecule has 0 bridgehead atoms. The first-order valence-electron chi connectivity index (χ1n) is 10.9. The van der Waals surface area contributed by atoms with Crippen molar-refractivity contribution in [2.75, 3.05) is 25.5 Å². The fourth-order valence-electron chi connectivity index (χ4n) is 4.15. The highest BCUT2D eigenvalue weighted by molar-refractivity contribution is 6.11. The smallest absolute Gasteiger partial charge is 0.257 e. The summed E-state index contributed by atoms with van der Waals surface area (Å²) in [5.41, 5.74) is 10.00. The molecule has 5 rings (SSSR count). The van der Waals surface area contributed by atoms with E-state index in [4.69, 9.17) is 25.2 Å². The molecule has 1 amide bonds. The Bertz CT molecular complexity index is 1290. The molecule has 2 aromatic heterocycles. The van der Waals surface area contributed by atoms with E-state index in [0.29, 0.717) is 46.8 Å². The van der Waals surface area contributed by atoms with Crippen LogP contribution in [0.1, 0.15) is 30.1 Å². The number of nitrogen functional groups attached to an aromatic ring is 1. The molecule has 0 saturated carbocycles. The van der Waals surface area contributed by atoms with Gasteiger partial charge in [-0.3, -0.25) is 9.36 Å². The van der Waals surface area contributed by atoms with E-state index >= 15 is 0 Å². The van der Waals surface area contributed by atoms with Crippen LogP contribution in [0.3, 0.4) is 0 Å². The lowest BCUT2D eigenvalue weighted by Crippen LogP contribution is -2.32. The van der Waals surface area contributed by atoms with Crippen LogP contribution >= 0.6 is 0 Å². The summed E-state index contributed by atoms with van der Waals surface area (Å²) in [5.74, 6) is 0.632. The average Bonchev–Trinajstić information content (AvgIpc) is 3.42. The molecule has 1 fully saturated rings. The highest BCUT2D eigenvalue weighted by atomic mass is 16.5. The molecule has 1 saturated heterocycles. The molecule has 2 aromatic carbocycles. The molecule has 0 spiro atoms. The number of ether oxygens (including phenoxy) is 2. The van der Waals surface area contributed by atoms with Gasteiger partial charge in [-0.05, 0) is 44.0 Å². The van der Waals surface area contributed by atoms with Crippen LogP contribution in [0.15, 0.2) is 48.5 Å². The van der Waals surface area contributed by atoms with Gasteiger partial charge < -0.3 is 20.5 Å². The first-order chi connectivity index (χ1) is 15.7. The van der Waals surface area contributed by atoms with Gasteiger partial charge in [0.15, 0.2) is 5.65 Å². The maximum absolute atomic E-state index is 13.3. The van der Waals surface area contributed by atoms with Crippen molar-refractivity contribution in [2.24, 2.45) is 0 Å². The van der Waals surface area contributed by atoms with Gasteiger partial charge in [-0.25, -0.2) is 9.97 Å². The van der Waals surface area contributed by atoms with Gasteiger partial charge in [0.25, 0.3) is 5.91 Å². The number of hydrogen-bond acceptors (Lipinski definition) is 6. The predicted octanol–water partition coefficient (Wildman–Crippen LogP) is 3.46. The van der Waals surface area contributed by atoms with Crippen molar-refractivity contribution in [3.63, 3.8) is 0 Å². The summed E-state index contributed by atoms with van der Waals surface area (Å²) in [6.45, 7) is 3.58. The van der Waals surface area contributed by atoms with Gasteiger partial charge in [-0.15, -0.1) is 0 Å². The summed E-state index contributed by atoms with van der Waals surface area (Å²) < 4.78 is 13.2. The summed E-state index contributed by atoms with van der Waals surface area (Å²) in [6.07, 6.45) is 1.97. The SMILES string of the molecule is CCOc1ccccc1-n1c(N)c(C(=O)NC[C@@H]2CCCO2)c2nc3ccccc3nc21. The molecule has 3 heterocycles.